The lowest BCUT2D eigenvalue weighted by Gasteiger charge is -2.23. The summed E-state index contributed by atoms with van der Waals surface area (Å²) in [6.07, 6.45) is 5.56. The number of nitrogens with zero attached hydrogens (tertiary/aromatic N) is 2. The Morgan fingerprint density at radius 2 is 2.44 bits per heavy atom. The quantitative estimate of drug-likeness (QED) is 0.883. The number of aromatic nitrogens is 2. The maximum atomic E-state index is 5.89. The van der Waals surface area contributed by atoms with Gasteiger partial charge in [0.05, 0.1) is 18.0 Å². The van der Waals surface area contributed by atoms with Crippen molar-refractivity contribution in [3.8, 4) is 0 Å². The first-order valence-electron chi connectivity index (χ1n) is 5.60. The fourth-order valence-electron chi connectivity index (χ4n) is 1.79. The number of hydrogen-bond donors (Lipinski definition) is 1. The van der Waals surface area contributed by atoms with Gasteiger partial charge in [0.15, 0.2) is 5.15 Å². The largest absolute Gasteiger partial charge is 0.381 e. The molecule has 1 aromatic heterocycles. The summed E-state index contributed by atoms with van der Waals surface area (Å²) in [5.41, 5.74) is 1.88. The highest BCUT2D eigenvalue weighted by Gasteiger charge is 2.14. The first-order valence-corrected chi connectivity index (χ1v) is 5.98. The van der Waals surface area contributed by atoms with Gasteiger partial charge in [-0.1, -0.05) is 11.6 Å². The third-order valence-corrected chi connectivity index (χ3v) is 3.20. The second kappa shape index (κ2) is 5.46. The highest BCUT2D eigenvalue weighted by Crippen LogP contribution is 2.20. The van der Waals surface area contributed by atoms with Crippen molar-refractivity contribution in [2.24, 2.45) is 0 Å². The normalized spacial score (nSPS) is 20.8. The molecule has 1 saturated heterocycles. The first kappa shape index (κ1) is 11.6. The van der Waals surface area contributed by atoms with Crippen LogP contribution in [0.2, 0.25) is 5.15 Å². The predicted octanol–water partition coefficient (Wildman–Crippen LogP) is 2.42. The van der Waals surface area contributed by atoms with Crippen LogP contribution < -0.4 is 5.32 Å². The lowest BCUT2D eigenvalue weighted by molar-refractivity contribution is 0.0247. The lowest BCUT2D eigenvalue weighted by atomic mass is 10.1. The van der Waals surface area contributed by atoms with Crippen LogP contribution in [0.1, 0.15) is 24.8 Å². The summed E-state index contributed by atoms with van der Waals surface area (Å²) in [4.78, 5) is 0. The SMILES string of the molecule is Cc1c(NC[C@H]2CCCCO2)cnnc1Cl. The molecular weight excluding hydrogens is 226 g/mol. The standard InChI is InChI=1S/C11H16ClN3O/c1-8-10(7-14-15-11(8)12)13-6-9-4-2-3-5-16-9/h7,9H,2-6H2,1H3,(H,13,15)/t9-/m1/s1. The van der Waals surface area contributed by atoms with Crippen molar-refractivity contribution in [1.29, 1.82) is 0 Å². The van der Waals surface area contributed by atoms with E-state index in [0.717, 1.165) is 30.8 Å². The molecule has 16 heavy (non-hydrogen) atoms. The zero-order valence-electron chi connectivity index (χ0n) is 9.37. The van der Waals surface area contributed by atoms with Crippen LogP contribution in [-0.4, -0.2) is 29.5 Å². The molecule has 0 unspecified atom stereocenters. The Hall–Kier alpha value is -0.870. The summed E-state index contributed by atoms with van der Waals surface area (Å²) in [5, 5.41) is 11.4. The van der Waals surface area contributed by atoms with E-state index in [9.17, 15) is 0 Å². The minimum atomic E-state index is 0.306. The molecule has 88 valence electrons. The van der Waals surface area contributed by atoms with Gasteiger partial charge in [-0.2, -0.15) is 5.10 Å². The average Bonchev–Trinajstić information content (AvgIpc) is 2.32. The molecule has 0 bridgehead atoms. The molecule has 4 nitrogen and oxygen atoms in total. The minimum absolute atomic E-state index is 0.306. The molecule has 1 aliphatic rings. The molecular formula is C11H16ClN3O. The van der Waals surface area contributed by atoms with Crippen LogP contribution in [0.15, 0.2) is 6.20 Å². The van der Waals surface area contributed by atoms with Crippen molar-refractivity contribution in [1.82, 2.24) is 10.2 Å². The first-order chi connectivity index (χ1) is 7.77. The number of halogens is 1. The summed E-state index contributed by atoms with van der Waals surface area (Å²) >= 11 is 5.89. The number of ether oxygens (including phenoxy) is 1. The number of anilines is 1. The van der Waals surface area contributed by atoms with Crippen LogP contribution >= 0.6 is 11.6 Å². The van der Waals surface area contributed by atoms with Gasteiger partial charge in [0.25, 0.3) is 0 Å². The molecule has 0 spiro atoms. The number of rotatable bonds is 3. The number of nitrogens with one attached hydrogen (secondary N) is 1. The van der Waals surface area contributed by atoms with Gasteiger partial charge in [-0.15, -0.1) is 5.10 Å². The molecule has 1 aliphatic heterocycles. The van der Waals surface area contributed by atoms with Crippen LogP contribution in [0.5, 0.6) is 0 Å². The third kappa shape index (κ3) is 2.83. The Labute approximate surface area is 100 Å². The Bertz CT molecular complexity index is 353. The second-order valence-electron chi connectivity index (χ2n) is 4.04. The summed E-state index contributed by atoms with van der Waals surface area (Å²) < 4.78 is 5.64. The van der Waals surface area contributed by atoms with E-state index < -0.39 is 0 Å². The van der Waals surface area contributed by atoms with E-state index in [-0.39, 0.29) is 0 Å². The predicted molar refractivity (Wildman–Crippen MR) is 63.9 cm³/mol. The summed E-state index contributed by atoms with van der Waals surface area (Å²) in [7, 11) is 0. The molecule has 2 rings (SSSR count). The van der Waals surface area contributed by atoms with Crippen molar-refractivity contribution in [2.45, 2.75) is 32.3 Å². The van der Waals surface area contributed by atoms with Crippen LogP contribution in [0.3, 0.4) is 0 Å². The number of hydrogen-bond acceptors (Lipinski definition) is 4. The molecule has 2 heterocycles. The second-order valence-corrected chi connectivity index (χ2v) is 4.40. The van der Waals surface area contributed by atoms with Gasteiger partial charge in [-0.25, -0.2) is 0 Å². The Balaban J connectivity index is 1.91. The maximum absolute atomic E-state index is 5.89. The van der Waals surface area contributed by atoms with Gasteiger partial charge < -0.3 is 10.1 Å². The van der Waals surface area contributed by atoms with E-state index in [4.69, 9.17) is 16.3 Å². The average molecular weight is 242 g/mol. The summed E-state index contributed by atoms with van der Waals surface area (Å²) in [6.45, 7) is 3.62. The van der Waals surface area contributed by atoms with E-state index in [1.807, 2.05) is 6.92 Å². The van der Waals surface area contributed by atoms with Gasteiger partial charge in [-0.3, -0.25) is 0 Å². The molecule has 0 aromatic carbocycles. The highest BCUT2D eigenvalue weighted by molar-refractivity contribution is 6.30. The topological polar surface area (TPSA) is 47.0 Å². The molecule has 1 aromatic rings. The van der Waals surface area contributed by atoms with Crippen LogP contribution in [0.4, 0.5) is 5.69 Å². The Kier molecular flexibility index (Phi) is 3.96. The van der Waals surface area contributed by atoms with Crippen molar-refractivity contribution in [3.05, 3.63) is 16.9 Å². The Morgan fingerprint density at radius 3 is 3.19 bits per heavy atom. The zero-order valence-corrected chi connectivity index (χ0v) is 10.1. The van der Waals surface area contributed by atoms with Gasteiger partial charge >= 0.3 is 0 Å². The monoisotopic (exact) mass is 241 g/mol. The molecule has 0 aliphatic carbocycles. The summed E-state index contributed by atoms with van der Waals surface area (Å²) in [6, 6.07) is 0. The van der Waals surface area contributed by atoms with E-state index in [2.05, 4.69) is 15.5 Å². The maximum Gasteiger partial charge on any atom is 0.156 e. The Morgan fingerprint density at radius 1 is 1.56 bits per heavy atom. The molecule has 1 N–H and O–H groups in total. The molecule has 0 amide bonds. The van der Waals surface area contributed by atoms with Crippen LogP contribution in [0, 0.1) is 6.92 Å². The van der Waals surface area contributed by atoms with Crippen molar-refractivity contribution in [3.63, 3.8) is 0 Å². The third-order valence-electron chi connectivity index (χ3n) is 2.84. The zero-order chi connectivity index (χ0) is 11.4. The fourth-order valence-corrected chi connectivity index (χ4v) is 1.94. The lowest BCUT2D eigenvalue weighted by Crippen LogP contribution is -2.27. The molecule has 1 atom stereocenters. The molecule has 1 fully saturated rings. The van der Waals surface area contributed by atoms with Crippen LogP contribution in [-0.2, 0) is 4.74 Å². The van der Waals surface area contributed by atoms with Crippen molar-refractivity contribution < 1.29 is 4.74 Å². The smallest absolute Gasteiger partial charge is 0.156 e. The van der Waals surface area contributed by atoms with E-state index in [0.29, 0.717) is 11.3 Å². The molecule has 0 saturated carbocycles. The molecule has 5 heteroatoms. The van der Waals surface area contributed by atoms with E-state index >= 15 is 0 Å². The van der Waals surface area contributed by atoms with Gasteiger partial charge in [0, 0.05) is 18.7 Å². The van der Waals surface area contributed by atoms with Crippen molar-refractivity contribution >= 4 is 17.3 Å². The van der Waals surface area contributed by atoms with Crippen molar-refractivity contribution in [2.75, 3.05) is 18.5 Å². The van der Waals surface area contributed by atoms with E-state index in [1.54, 1.807) is 6.20 Å². The highest BCUT2D eigenvalue weighted by atomic mass is 35.5. The van der Waals surface area contributed by atoms with Gasteiger partial charge in [0.2, 0.25) is 0 Å². The van der Waals surface area contributed by atoms with Crippen LogP contribution in [0.25, 0.3) is 0 Å². The molecule has 0 radical (unpaired) electrons. The van der Waals surface area contributed by atoms with Gasteiger partial charge in [0.1, 0.15) is 0 Å². The summed E-state index contributed by atoms with van der Waals surface area (Å²) in [5.74, 6) is 0. The fraction of sp³-hybridized carbons (Fsp3) is 0.636. The minimum Gasteiger partial charge on any atom is -0.381 e. The van der Waals surface area contributed by atoms with Gasteiger partial charge in [-0.05, 0) is 26.2 Å². The van der Waals surface area contributed by atoms with E-state index in [1.165, 1.54) is 12.8 Å².